The number of carboxylic acid groups (broad SMARTS) is 1. The van der Waals surface area contributed by atoms with Gasteiger partial charge in [-0.2, -0.15) is 0 Å². The normalized spacial score (nSPS) is 12.5. The Labute approximate surface area is 185 Å². The zero-order valence-electron chi connectivity index (χ0n) is 18.5. The standard InChI is InChI=1S/C22H28N6O4/c1-22(2,3)28(21(30)31)11-14(12-32-4)25-17-10-24-19(20(23)29)18(27-17)16-9-13-7-5-6-8-15(13)26-16/h5-10,14,26H,11-12H2,1-4H3,(H2,23,29)(H,25,27)(H,30,31). The molecule has 3 rings (SSSR count). The van der Waals surface area contributed by atoms with E-state index >= 15 is 0 Å². The highest BCUT2D eigenvalue weighted by atomic mass is 16.5. The number of anilines is 1. The van der Waals surface area contributed by atoms with Crippen LogP contribution in [0, 0.1) is 0 Å². The highest BCUT2D eigenvalue weighted by molar-refractivity contribution is 5.98. The van der Waals surface area contributed by atoms with Crippen LogP contribution in [0.5, 0.6) is 0 Å². The average Bonchev–Trinajstić information content (AvgIpc) is 3.15. The molecular weight excluding hydrogens is 412 g/mol. The van der Waals surface area contributed by atoms with Crippen molar-refractivity contribution < 1.29 is 19.4 Å². The van der Waals surface area contributed by atoms with Gasteiger partial charge in [-0.1, -0.05) is 18.2 Å². The van der Waals surface area contributed by atoms with Crippen LogP contribution in [0.15, 0.2) is 36.5 Å². The van der Waals surface area contributed by atoms with Crippen LogP contribution in [0.2, 0.25) is 0 Å². The Balaban J connectivity index is 1.95. The van der Waals surface area contributed by atoms with E-state index in [0.717, 1.165) is 10.9 Å². The maximum absolute atomic E-state index is 12.0. The number of carbonyl (C=O) groups excluding carboxylic acids is 1. The molecule has 0 radical (unpaired) electrons. The minimum Gasteiger partial charge on any atom is -0.465 e. The predicted octanol–water partition coefficient (Wildman–Crippen LogP) is 2.93. The first-order valence-corrected chi connectivity index (χ1v) is 10.1. The Morgan fingerprint density at radius 2 is 2.03 bits per heavy atom. The molecular formula is C22H28N6O4. The number of nitrogens with one attached hydrogen (secondary N) is 2. The second-order valence-electron chi connectivity index (χ2n) is 8.45. The molecule has 1 atom stereocenters. The van der Waals surface area contributed by atoms with E-state index in [1.54, 1.807) is 0 Å². The number of hydrogen-bond acceptors (Lipinski definition) is 6. The zero-order valence-corrected chi connectivity index (χ0v) is 18.5. The van der Waals surface area contributed by atoms with Crippen molar-refractivity contribution in [1.82, 2.24) is 19.9 Å². The maximum Gasteiger partial charge on any atom is 0.407 e. The summed E-state index contributed by atoms with van der Waals surface area (Å²) < 4.78 is 5.28. The molecule has 2 heterocycles. The monoisotopic (exact) mass is 440 g/mol. The van der Waals surface area contributed by atoms with Crippen molar-refractivity contribution in [3.05, 3.63) is 42.2 Å². The summed E-state index contributed by atoms with van der Waals surface area (Å²) in [7, 11) is 1.54. The van der Waals surface area contributed by atoms with Gasteiger partial charge >= 0.3 is 6.09 Å². The first-order valence-electron chi connectivity index (χ1n) is 10.1. The van der Waals surface area contributed by atoms with Crippen LogP contribution in [0.3, 0.4) is 0 Å². The van der Waals surface area contributed by atoms with Crippen LogP contribution in [0.1, 0.15) is 31.3 Å². The number of amides is 2. The number of ether oxygens (including phenoxy) is 1. The molecule has 5 N–H and O–H groups in total. The number of para-hydroxylation sites is 1. The topological polar surface area (TPSA) is 146 Å². The largest absolute Gasteiger partial charge is 0.465 e. The number of aromatic nitrogens is 3. The van der Waals surface area contributed by atoms with Crippen molar-refractivity contribution in [1.29, 1.82) is 0 Å². The van der Waals surface area contributed by atoms with Crippen molar-refractivity contribution in [2.75, 3.05) is 25.6 Å². The number of nitrogens with zero attached hydrogens (tertiary/aromatic N) is 3. The van der Waals surface area contributed by atoms with Gasteiger partial charge in [0.25, 0.3) is 5.91 Å². The smallest absolute Gasteiger partial charge is 0.407 e. The molecule has 0 aliphatic carbocycles. The Morgan fingerprint density at radius 1 is 1.31 bits per heavy atom. The molecule has 0 aliphatic rings. The summed E-state index contributed by atoms with van der Waals surface area (Å²) in [5.41, 5.74) is 6.75. The molecule has 0 fully saturated rings. The Bertz CT molecular complexity index is 1090. The minimum absolute atomic E-state index is 0.0345. The molecule has 3 aromatic rings. The van der Waals surface area contributed by atoms with Crippen LogP contribution in [-0.4, -0.2) is 68.8 Å². The fourth-order valence-corrected chi connectivity index (χ4v) is 3.44. The molecule has 10 heteroatoms. The number of fused-ring (bicyclic) bond motifs is 1. The van der Waals surface area contributed by atoms with Gasteiger partial charge in [-0.3, -0.25) is 4.79 Å². The molecule has 0 saturated carbocycles. The SMILES string of the molecule is COCC(CN(C(=O)O)C(C)(C)C)Nc1cnc(C(N)=O)c(-c2cc3ccccc3[nH]2)n1. The molecule has 0 spiro atoms. The second-order valence-corrected chi connectivity index (χ2v) is 8.45. The lowest BCUT2D eigenvalue weighted by Gasteiger charge is -2.36. The van der Waals surface area contributed by atoms with Gasteiger partial charge in [0.05, 0.1) is 24.5 Å². The van der Waals surface area contributed by atoms with Gasteiger partial charge in [0.2, 0.25) is 0 Å². The van der Waals surface area contributed by atoms with E-state index in [-0.39, 0.29) is 18.8 Å². The lowest BCUT2D eigenvalue weighted by Crippen LogP contribution is -2.51. The Morgan fingerprint density at radius 3 is 2.62 bits per heavy atom. The van der Waals surface area contributed by atoms with E-state index in [0.29, 0.717) is 17.2 Å². The molecule has 0 saturated heterocycles. The third kappa shape index (κ3) is 5.14. The van der Waals surface area contributed by atoms with Gasteiger partial charge in [0, 0.05) is 30.1 Å². The molecule has 0 aliphatic heterocycles. The van der Waals surface area contributed by atoms with E-state index in [2.05, 4.69) is 20.3 Å². The number of primary amides is 1. The fraction of sp³-hybridized carbons (Fsp3) is 0.364. The van der Waals surface area contributed by atoms with E-state index in [9.17, 15) is 14.7 Å². The first kappa shape index (κ1) is 23.0. The molecule has 32 heavy (non-hydrogen) atoms. The van der Waals surface area contributed by atoms with Gasteiger partial charge < -0.3 is 30.8 Å². The molecule has 2 amide bonds. The molecule has 1 aromatic carbocycles. The molecule has 2 aromatic heterocycles. The molecule has 170 valence electrons. The van der Waals surface area contributed by atoms with Gasteiger partial charge in [-0.15, -0.1) is 0 Å². The van der Waals surface area contributed by atoms with Crippen LogP contribution in [-0.2, 0) is 4.74 Å². The minimum atomic E-state index is -1.03. The number of nitrogens with two attached hydrogens (primary N) is 1. The van der Waals surface area contributed by atoms with E-state index in [4.69, 9.17) is 10.5 Å². The first-order chi connectivity index (χ1) is 15.1. The molecule has 10 nitrogen and oxygen atoms in total. The third-order valence-corrected chi connectivity index (χ3v) is 4.95. The van der Waals surface area contributed by atoms with Crippen molar-refractivity contribution >= 4 is 28.7 Å². The summed E-state index contributed by atoms with van der Waals surface area (Å²) in [6.45, 7) is 5.86. The van der Waals surface area contributed by atoms with E-state index < -0.39 is 23.6 Å². The number of hydrogen-bond donors (Lipinski definition) is 4. The van der Waals surface area contributed by atoms with Gasteiger partial charge in [-0.25, -0.2) is 14.8 Å². The summed E-state index contributed by atoms with van der Waals surface area (Å²) in [6, 6.07) is 9.14. The van der Waals surface area contributed by atoms with Crippen LogP contribution < -0.4 is 11.1 Å². The highest BCUT2D eigenvalue weighted by Gasteiger charge is 2.29. The number of carbonyl (C=O) groups is 2. The predicted molar refractivity (Wildman–Crippen MR) is 122 cm³/mol. The van der Waals surface area contributed by atoms with Gasteiger partial charge in [0.15, 0.2) is 5.69 Å². The molecule has 1 unspecified atom stereocenters. The van der Waals surface area contributed by atoms with Crippen molar-refractivity contribution in [2.24, 2.45) is 5.73 Å². The second kappa shape index (κ2) is 9.23. The van der Waals surface area contributed by atoms with Crippen molar-refractivity contribution in [2.45, 2.75) is 32.4 Å². The summed E-state index contributed by atoms with van der Waals surface area (Å²) in [6.07, 6.45) is 0.367. The number of benzene rings is 1. The van der Waals surface area contributed by atoms with Crippen molar-refractivity contribution in [3.63, 3.8) is 0 Å². The lowest BCUT2D eigenvalue weighted by atomic mass is 10.1. The van der Waals surface area contributed by atoms with Crippen LogP contribution in [0.25, 0.3) is 22.3 Å². The Kier molecular flexibility index (Phi) is 6.64. The summed E-state index contributed by atoms with van der Waals surface area (Å²) in [5.74, 6) is -0.333. The third-order valence-electron chi connectivity index (χ3n) is 4.95. The van der Waals surface area contributed by atoms with E-state index in [1.165, 1.54) is 18.2 Å². The lowest BCUT2D eigenvalue weighted by molar-refractivity contribution is 0.0867. The average molecular weight is 441 g/mol. The van der Waals surface area contributed by atoms with Crippen molar-refractivity contribution in [3.8, 4) is 11.4 Å². The number of aromatic amines is 1. The van der Waals surface area contributed by atoms with Gasteiger partial charge in [-0.05, 0) is 32.9 Å². The summed E-state index contributed by atoms with van der Waals surface area (Å²) >= 11 is 0. The van der Waals surface area contributed by atoms with Crippen LogP contribution >= 0.6 is 0 Å². The zero-order chi connectivity index (χ0) is 23.5. The van der Waals surface area contributed by atoms with Crippen LogP contribution in [0.4, 0.5) is 10.6 Å². The quantitative estimate of drug-likeness (QED) is 0.421. The Hall–Kier alpha value is -3.66. The van der Waals surface area contributed by atoms with Gasteiger partial charge in [0.1, 0.15) is 11.5 Å². The molecule has 0 bridgehead atoms. The summed E-state index contributed by atoms with van der Waals surface area (Å²) in [5, 5.41) is 13.8. The highest BCUT2D eigenvalue weighted by Crippen LogP contribution is 2.26. The number of methoxy groups -OCH3 is 1. The number of rotatable bonds is 8. The fourth-order valence-electron chi connectivity index (χ4n) is 3.44. The maximum atomic E-state index is 12.0. The summed E-state index contributed by atoms with van der Waals surface area (Å²) in [4.78, 5) is 37.1. The van der Waals surface area contributed by atoms with E-state index in [1.807, 2.05) is 51.1 Å². The number of H-pyrrole nitrogens is 1.